The lowest BCUT2D eigenvalue weighted by Gasteiger charge is -2.04. The molecule has 0 spiro atoms. The van der Waals surface area contributed by atoms with Crippen molar-refractivity contribution in [3.8, 4) is 0 Å². The largest absolute Gasteiger partial charge is 0.0961 e. The third-order valence-electron chi connectivity index (χ3n) is 1.64. The summed E-state index contributed by atoms with van der Waals surface area (Å²) in [6.45, 7) is 13.9. The molecular weight excluding hydrogens is 144 g/mol. The Morgan fingerprint density at radius 2 is 1.83 bits per heavy atom. The van der Waals surface area contributed by atoms with Crippen LogP contribution in [0.25, 0.3) is 0 Å². The summed E-state index contributed by atoms with van der Waals surface area (Å²) in [7, 11) is 0. The van der Waals surface area contributed by atoms with Gasteiger partial charge in [-0.25, -0.2) is 0 Å². The molecule has 1 unspecified atom stereocenters. The highest BCUT2D eigenvalue weighted by atomic mass is 14.0. The Morgan fingerprint density at radius 3 is 2.25 bits per heavy atom. The highest BCUT2D eigenvalue weighted by Gasteiger charge is 1.96. The van der Waals surface area contributed by atoms with Crippen molar-refractivity contribution in [2.24, 2.45) is 5.92 Å². The van der Waals surface area contributed by atoms with E-state index in [1.807, 2.05) is 32.1 Å². The number of rotatable bonds is 4. The first-order valence-corrected chi connectivity index (χ1v) is 4.23. The Hall–Kier alpha value is -1.04. The molecule has 0 aromatic rings. The van der Waals surface area contributed by atoms with Gasteiger partial charge in [0.25, 0.3) is 0 Å². The summed E-state index contributed by atoms with van der Waals surface area (Å²) in [4.78, 5) is 0. The first-order valence-electron chi connectivity index (χ1n) is 4.23. The zero-order valence-corrected chi connectivity index (χ0v) is 8.30. The predicted octanol–water partition coefficient (Wildman–Crippen LogP) is 3.89. The lowest BCUT2D eigenvalue weighted by molar-refractivity contribution is 0.894. The fourth-order valence-electron chi connectivity index (χ4n) is 0.798. The van der Waals surface area contributed by atoms with E-state index in [0.717, 1.165) is 11.1 Å². The van der Waals surface area contributed by atoms with Gasteiger partial charge in [0.2, 0.25) is 0 Å². The minimum absolute atomic E-state index is 0.401. The second kappa shape index (κ2) is 5.59. The van der Waals surface area contributed by atoms with Crippen LogP contribution >= 0.6 is 0 Å². The molecular formula is C12H18. The summed E-state index contributed by atoms with van der Waals surface area (Å²) >= 11 is 0. The third-order valence-corrected chi connectivity index (χ3v) is 1.64. The molecule has 0 saturated carbocycles. The molecule has 0 amide bonds. The zero-order valence-electron chi connectivity index (χ0n) is 8.30. The van der Waals surface area contributed by atoms with E-state index in [2.05, 4.69) is 26.2 Å². The summed E-state index contributed by atoms with van der Waals surface area (Å²) < 4.78 is 0. The van der Waals surface area contributed by atoms with Gasteiger partial charge in [0.05, 0.1) is 0 Å². The zero-order chi connectivity index (χ0) is 9.56. The van der Waals surface area contributed by atoms with Crippen molar-refractivity contribution in [3.63, 3.8) is 0 Å². The van der Waals surface area contributed by atoms with Crippen molar-refractivity contribution in [3.05, 3.63) is 48.6 Å². The third kappa shape index (κ3) is 4.73. The molecule has 12 heavy (non-hydrogen) atoms. The number of hydrogen-bond acceptors (Lipinski definition) is 0. The highest BCUT2D eigenvalue weighted by Crippen LogP contribution is 2.11. The molecule has 0 aliphatic heterocycles. The van der Waals surface area contributed by atoms with E-state index in [0.29, 0.717) is 5.92 Å². The lowest BCUT2D eigenvalue weighted by atomic mass is 10.0. The standard InChI is InChI=1S/C12H18/c1-6-7-11(4)12(5)9-8-10(2)3/h6-9,12H,2,4H2,1,3,5H3/b7-6-,9-8-. The van der Waals surface area contributed by atoms with Crippen LogP contribution in [0.1, 0.15) is 20.8 Å². The molecule has 0 heterocycles. The van der Waals surface area contributed by atoms with Crippen LogP contribution in [-0.4, -0.2) is 0 Å². The van der Waals surface area contributed by atoms with Crippen molar-refractivity contribution in [2.45, 2.75) is 20.8 Å². The molecule has 0 fully saturated rings. The van der Waals surface area contributed by atoms with Gasteiger partial charge in [0.1, 0.15) is 0 Å². The Balaban J connectivity index is 4.12. The summed E-state index contributed by atoms with van der Waals surface area (Å²) in [5.41, 5.74) is 2.21. The van der Waals surface area contributed by atoms with Crippen LogP contribution in [0.2, 0.25) is 0 Å². The molecule has 0 radical (unpaired) electrons. The van der Waals surface area contributed by atoms with Crippen LogP contribution in [0.4, 0.5) is 0 Å². The monoisotopic (exact) mass is 162 g/mol. The molecule has 0 N–H and O–H groups in total. The number of hydrogen-bond donors (Lipinski definition) is 0. The van der Waals surface area contributed by atoms with Crippen molar-refractivity contribution < 1.29 is 0 Å². The van der Waals surface area contributed by atoms with Gasteiger partial charge in [-0.2, -0.15) is 0 Å². The van der Waals surface area contributed by atoms with E-state index in [9.17, 15) is 0 Å². The maximum absolute atomic E-state index is 3.95. The lowest BCUT2D eigenvalue weighted by Crippen LogP contribution is -1.90. The quantitative estimate of drug-likeness (QED) is 0.550. The normalized spacial score (nSPS) is 13.9. The van der Waals surface area contributed by atoms with E-state index in [-0.39, 0.29) is 0 Å². The van der Waals surface area contributed by atoms with Crippen LogP contribution in [-0.2, 0) is 0 Å². The second-order valence-electron chi connectivity index (χ2n) is 3.07. The molecule has 1 atom stereocenters. The maximum Gasteiger partial charge on any atom is -0.00132 e. The Morgan fingerprint density at radius 1 is 1.25 bits per heavy atom. The number of allylic oxidation sites excluding steroid dienone is 6. The van der Waals surface area contributed by atoms with Gasteiger partial charge < -0.3 is 0 Å². The Kier molecular flexibility index (Phi) is 5.11. The van der Waals surface area contributed by atoms with Gasteiger partial charge in [-0.05, 0) is 25.3 Å². The second-order valence-corrected chi connectivity index (χ2v) is 3.07. The minimum atomic E-state index is 0.401. The first-order chi connectivity index (χ1) is 5.57. The van der Waals surface area contributed by atoms with Gasteiger partial charge in [-0.15, -0.1) is 0 Å². The average molecular weight is 162 g/mol. The topological polar surface area (TPSA) is 0 Å². The van der Waals surface area contributed by atoms with E-state index in [4.69, 9.17) is 0 Å². The molecule has 0 aliphatic carbocycles. The van der Waals surface area contributed by atoms with E-state index in [1.54, 1.807) is 0 Å². The Labute approximate surface area is 76.0 Å². The average Bonchev–Trinajstić information content (AvgIpc) is 2.00. The summed E-state index contributed by atoms with van der Waals surface area (Å²) in [5, 5.41) is 0. The summed E-state index contributed by atoms with van der Waals surface area (Å²) in [6.07, 6.45) is 8.19. The molecule has 0 rings (SSSR count). The first kappa shape index (κ1) is 11.0. The maximum atomic E-state index is 3.95. The predicted molar refractivity (Wildman–Crippen MR) is 57.1 cm³/mol. The molecule has 0 heteroatoms. The van der Waals surface area contributed by atoms with Crippen LogP contribution < -0.4 is 0 Å². The van der Waals surface area contributed by atoms with Crippen LogP contribution in [0.3, 0.4) is 0 Å². The van der Waals surface area contributed by atoms with Crippen LogP contribution in [0, 0.1) is 5.92 Å². The van der Waals surface area contributed by atoms with Crippen LogP contribution in [0.15, 0.2) is 48.6 Å². The molecule has 66 valence electrons. The SMILES string of the molecule is C=C(C)/C=C\C(C)C(=C)/C=C\C. The molecule has 0 bridgehead atoms. The molecule has 0 aliphatic rings. The van der Waals surface area contributed by atoms with Crippen molar-refractivity contribution in [2.75, 3.05) is 0 Å². The Bertz CT molecular complexity index is 216. The highest BCUT2D eigenvalue weighted by molar-refractivity contribution is 5.23. The summed E-state index contributed by atoms with van der Waals surface area (Å²) in [5.74, 6) is 0.401. The fourth-order valence-corrected chi connectivity index (χ4v) is 0.798. The molecule has 0 nitrogen and oxygen atoms in total. The van der Waals surface area contributed by atoms with Gasteiger partial charge in [-0.3, -0.25) is 0 Å². The van der Waals surface area contributed by atoms with Gasteiger partial charge in [-0.1, -0.05) is 50.0 Å². The van der Waals surface area contributed by atoms with Crippen LogP contribution in [0.5, 0.6) is 0 Å². The molecule has 0 saturated heterocycles. The van der Waals surface area contributed by atoms with Gasteiger partial charge in [0, 0.05) is 0 Å². The van der Waals surface area contributed by atoms with E-state index in [1.165, 1.54) is 0 Å². The minimum Gasteiger partial charge on any atom is -0.0961 e. The molecule has 0 aromatic heterocycles. The molecule has 0 aromatic carbocycles. The fraction of sp³-hybridized carbons (Fsp3) is 0.333. The van der Waals surface area contributed by atoms with E-state index < -0.39 is 0 Å². The van der Waals surface area contributed by atoms with E-state index >= 15 is 0 Å². The van der Waals surface area contributed by atoms with Gasteiger partial charge >= 0.3 is 0 Å². The van der Waals surface area contributed by atoms with Gasteiger partial charge in [0.15, 0.2) is 0 Å². The van der Waals surface area contributed by atoms with Crippen molar-refractivity contribution >= 4 is 0 Å². The van der Waals surface area contributed by atoms with Crippen molar-refractivity contribution in [1.82, 2.24) is 0 Å². The smallest absolute Gasteiger partial charge is 0.00132 e. The summed E-state index contributed by atoms with van der Waals surface area (Å²) in [6, 6.07) is 0. The van der Waals surface area contributed by atoms with Crippen molar-refractivity contribution in [1.29, 1.82) is 0 Å².